The van der Waals surface area contributed by atoms with Crippen LogP contribution in [0.25, 0.3) is 6.08 Å². The fourth-order valence-electron chi connectivity index (χ4n) is 3.08. The molecule has 0 saturated carbocycles. The average molecular weight is 578 g/mol. The number of carbonyl (C=O) groups excluding carboxylic acids is 1. The van der Waals surface area contributed by atoms with Crippen molar-refractivity contribution in [3.63, 3.8) is 0 Å². The maximum Gasteiger partial charge on any atom is 0.264 e. The molecular weight excluding hydrogens is 559 g/mol. The van der Waals surface area contributed by atoms with Crippen molar-refractivity contribution in [2.75, 3.05) is 6.61 Å². The second-order valence-electron chi connectivity index (χ2n) is 7.14. The van der Waals surface area contributed by atoms with Crippen molar-refractivity contribution >= 4 is 73.7 Å². The van der Waals surface area contributed by atoms with Crippen molar-refractivity contribution in [1.82, 2.24) is 5.32 Å². The maximum atomic E-state index is 12.5. The maximum absolute atomic E-state index is 12.5. The Balaban J connectivity index is 1.54. The summed E-state index contributed by atoms with van der Waals surface area (Å²) in [7, 11) is 0. The summed E-state index contributed by atoms with van der Waals surface area (Å²) in [6, 6.07) is 18.5. The van der Waals surface area contributed by atoms with Gasteiger partial charge in [-0.25, -0.2) is 4.99 Å². The zero-order chi connectivity index (χ0) is 24.1. The highest BCUT2D eigenvalue weighted by molar-refractivity contribution is 9.10. The van der Waals surface area contributed by atoms with E-state index in [4.69, 9.17) is 32.7 Å². The fraction of sp³-hybridized carbons (Fsp3) is 0.120. The van der Waals surface area contributed by atoms with Gasteiger partial charge in [0.25, 0.3) is 5.91 Å². The van der Waals surface area contributed by atoms with Gasteiger partial charge in [-0.15, -0.1) is 0 Å². The predicted octanol–water partition coefficient (Wildman–Crippen LogP) is 7.63. The molecule has 1 heterocycles. The molecule has 1 aliphatic heterocycles. The molecular formula is C25H19BrCl2N2O3S. The lowest BCUT2D eigenvalue weighted by atomic mass is 10.1. The number of ether oxygens (including phenoxy) is 2. The molecule has 174 valence electrons. The number of nitrogens with one attached hydrogen (secondary N) is 1. The van der Waals surface area contributed by atoms with E-state index in [1.165, 1.54) is 11.8 Å². The van der Waals surface area contributed by atoms with E-state index in [2.05, 4.69) is 26.2 Å². The molecule has 0 radical (unpaired) electrons. The largest absolute Gasteiger partial charge is 0.490 e. The van der Waals surface area contributed by atoms with E-state index in [0.29, 0.717) is 50.5 Å². The molecule has 0 atom stereocenters. The van der Waals surface area contributed by atoms with Gasteiger partial charge in [-0.1, -0.05) is 51.3 Å². The van der Waals surface area contributed by atoms with E-state index < -0.39 is 0 Å². The highest BCUT2D eigenvalue weighted by Crippen LogP contribution is 2.39. The van der Waals surface area contributed by atoms with E-state index in [9.17, 15) is 4.79 Å². The Morgan fingerprint density at radius 3 is 2.50 bits per heavy atom. The van der Waals surface area contributed by atoms with Crippen LogP contribution in [0.15, 0.2) is 75.0 Å². The van der Waals surface area contributed by atoms with Crippen molar-refractivity contribution in [2.24, 2.45) is 4.99 Å². The van der Waals surface area contributed by atoms with Crippen LogP contribution >= 0.6 is 50.9 Å². The Labute approximate surface area is 220 Å². The number of halogens is 3. The molecule has 0 aliphatic carbocycles. The Hall–Kier alpha value is -2.45. The molecule has 1 saturated heterocycles. The van der Waals surface area contributed by atoms with E-state index in [1.807, 2.05) is 37.3 Å². The number of benzene rings is 3. The standard InChI is InChI=1S/C25H19BrCl2N2O3S/c1-2-32-21-12-16(11-20(28)23(21)33-14-15-3-5-17(26)6-4-15)13-22-24(31)30-25(34-22)29-19-9-7-18(27)8-10-19/h3-13H,2,14H2,1H3,(H,29,30,31)/b22-13-. The first-order chi connectivity index (χ1) is 16.4. The van der Waals surface area contributed by atoms with Crippen LogP contribution in [0.1, 0.15) is 18.1 Å². The summed E-state index contributed by atoms with van der Waals surface area (Å²) in [5.74, 6) is 0.738. The summed E-state index contributed by atoms with van der Waals surface area (Å²) in [5, 5.41) is 4.29. The first-order valence-electron chi connectivity index (χ1n) is 10.3. The fourth-order valence-corrected chi connectivity index (χ4v) is 4.58. The van der Waals surface area contributed by atoms with Crippen molar-refractivity contribution in [3.8, 4) is 11.5 Å². The second-order valence-corrected chi connectivity index (χ2v) is 9.93. The first-order valence-corrected chi connectivity index (χ1v) is 12.7. The Kier molecular flexibility index (Phi) is 8.21. The minimum atomic E-state index is -0.234. The van der Waals surface area contributed by atoms with Crippen molar-refractivity contribution < 1.29 is 14.3 Å². The number of hydrogen-bond acceptors (Lipinski definition) is 5. The topological polar surface area (TPSA) is 59.9 Å². The summed E-state index contributed by atoms with van der Waals surface area (Å²) >= 11 is 17.1. The molecule has 1 fully saturated rings. The normalized spacial score (nSPS) is 15.6. The van der Waals surface area contributed by atoms with Crippen LogP contribution in [0.2, 0.25) is 10.0 Å². The Morgan fingerprint density at radius 2 is 1.79 bits per heavy atom. The molecule has 0 bridgehead atoms. The minimum Gasteiger partial charge on any atom is -0.490 e. The van der Waals surface area contributed by atoms with E-state index in [0.717, 1.165) is 15.6 Å². The van der Waals surface area contributed by atoms with Crippen LogP contribution in [0, 0.1) is 0 Å². The van der Waals surface area contributed by atoms with Gasteiger partial charge in [0.2, 0.25) is 0 Å². The molecule has 3 aromatic rings. The zero-order valence-corrected chi connectivity index (χ0v) is 21.9. The lowest BCUT2D eigenvalue weighted by Crippen LogP contribution is -2.19. The number of amidine groups is 1. The number of nitrogens with zero attached hydrogens (tertiary/aromatic N) is 1. The summed E-state index contributed by atoms with van der Waals surface area (Å²) in [5.41, 5.74) is 2.41. The summed E-state index contributed by atoms with van der Waals surface area (Å²) in [6.07, 6.45) is 1.75. The number of aliphatic imine (C=N–C) groups is 1. The zero-order valence-electron chi connectivity index (χ0n) is 18.0. The number of amides is 1. The van der Waals surface area contributed by atoms with Crippen LogP contribution in [0.4, 0.5) is 5.69 Å². The summed E-state index contributed by atoms with van der Waals surface area (Å²) < 4.78 is 12.8. The van der Waals surface area contributed by atoms with Gasteiger partial charge in [-0.05, 0) is 84.4 Å². The SMILES string of the molecule is CCOc1cc(/C=C2\SC(=Nc3ccc(Cl)cc3)NC2=O)cc(Cl)c1OCc1ccc(Br)cc1. The highest BCUT2D eigenvalue weighted by atomic mass is 79.9. The average Bonchev–Trinajstić information content (AvgIpc) is 3.14. The second kappa shape index (κ2) is 11.3. The van der Waals surface area contributed by atoms with Crippen molar-refractivity contribution in [2.45, 2.75) is 13.5 Å². The van der Waals surface area contributed by atoms with Crippen LogP contribution in [0.5, 0.6) is 11.5 Å². The Morgan fingerprint density at radius 1 is 1.06 bits per heavy atom. The number of thioether (sulfide) groups is 1. The molecule has 34 heavy (non-hydrogen) atoms. The van der Waals surface area contributed by atoms with Crippen molar-refractivity contribution in [1.29, 1.82) is 0 Å². The predicted molar refractivity (Wildman–Crippen MR) is 143 cm³/mol. The van der Waals surface area contributed by atoms with Gasteiger partial charge in [0.1, 0.15) is 6.61 Å². The Bertz CT molecular complexity index is 1260. The van der Waals surface area contributed by atoms with Gasteiger partial charge in [0.15, 0.2) is 16.7 Å². The van der Waals surface area contributed by atoms with Crippen LogP contribution in [-0.2, 0) is 11.4 Å². The third-order valence-electron chi connectivity index (χ3n) is 4.63. The summed E-state index contributed by atoms with van der Waals surface area (Å²) in [4.78, 5) is 17.4. The van der Waals surface area contributed by atoms with Gasteiger partial charge in [0.05, 0.1) is 22.2 Å². The molecule has 9 heteroatoms. The van der Waals surface area contributed by atoms with Gasteiger partial charge >= 0.3 is 0 Å². The smallest absolute Gasteiger partial charge is 0.264 e. The molecule has 0 aromatic heterocycles. The molecule has 3 aromatic carbocycles. The van der Waals surface area contributed by atoms with Gasteiger partial charge in [-0.2, -0.15) is 0 Å². The molecule has 0 unspecified atom stereocenters. The molecule has 1 amide bonds. The van der Waals surface area contributed by atoms with Gasteiger partial charge < -0.3 is 14.8 Å². The third-order valence-corrected chi connectivity index (χ3v) is 6.61. The van der Waals surface area contributed by atoms with Crippen LogP contribution in [0.3, 0.4) is 0 Å². The van der Waals surface area contributed by atoms with E-state index >= 15 is 0 Å². The van der Waals surface area contributed by atoms with Gasteiger partial charge in [0, 0.05) is 9.50 Å². The van der Waals surface area contributed by atoms with E-state index in [1.54, 1.807) is 36.4 Å². The summed E-state index contributed by atoms with van der Waals surface area (Å²) in [6.45, 7) is 2.67. The lowest BCUT2D eigenvalue weighted by molar-refractivity contribution is -0.115. The minimum absolute atomic E-state index is 0.234. The number of rotatable bonds is 7. The third kappa shape index (κ3) is 6.36. The highest BCUT2D eigenvalue weighted by Gasteiger charge is 2.24. The quantitative estimate of drug-likeness (QED) is 0.293. The molecule has 4 rings (SSSR count). The van der Waals surface area contributed by atoms with Crippen molar-refractivity contribution in [3.05, 3.63) is 91.2 Å². The molecule has 1 N–H and O–H groups in total. The monoisotopic (exact) mass is 576 g/mol. The molecule has 5 nitrogen and oxygen atoms in total. The first kappa shape index (κ1) is 24.7. The van der Waals surface area contributed by atoms with Crippen LogP contribution < -0.4 is 14.8 Å². The lowest BCUT2D eigenvalue weighted by Gasteiger charge is -2.15. The van der Waals surface area contributed by atoms with Gasteiger partial charge in [-0.3, -0.25) is 4.79 Å². The molecule has 0 spiro atoms. The van der Waals surface area contributed by atoms with E-state index in [-0.39, 0.29) is 5.91 Å². The van der Waals surface area contributed by atoms with Crippen LogP contribution in [-0.4, -0.2) is 17.7 Å². The number of hydrogen-bond donors (Lipinski definition) is 1. The molecule has 1 aliphatic rings. The number of carbonyl (C=O) groups is 1.